The summed E-state index contributed by atoms with van der Waals surface area (Å²) < 4.78 is 0. The lowest BCUT2D eigenvalue weighted by atomic mass is 9.89. The highest BCUT2D eigenvalue weighted by Gasteiger charge is 2.27. The molecular weight excluding hydrogens is 240 g/mol. The van der Waals surface area contributed by atoms with Crippen molar-refractivity contribution in [3.8, 4) is 0 Å². The molecule has 2 aliphatic rings. The van der Waals surface area contributed by atoms with Crippen LogP contribution in [0.4, 0.5) is 0 Å². The smallest absolute Gasteiger partial charge is 0.0962 e. The zero-order valence-corrected chi connectivity index (χ0v) is 12.2. The Morgan fingerprint density at radius 2 is 2.00 bits per heavy atom. The molecule has 1 aromatic heterocycles. The van der Waals surface area contributed by atoms with Gasteiger partial charge in [0.2, 0.25) is 0 Å². The number of hydrogen-bond acceptors (Lipinski definition) is 3. The van der Waals surface area contributed by atoms with Gasteiger partial charge in [-0.15, -0.1) is 11.3 Å². The maximum Gasteiger partial charge on any atom is 0.0962 e. The first-order valence-corrected chi connectivity index (χ1v) is 8.34. The van der Waals surface area contributed by atoms with Gasteiger partial charge in [0.05, 0.1) is 10.7 Å². The summed E-state index contributed by atoms with van der Waals surface area (Å²) in [5, 5.41) is 4.79. The summed E-state index contributed by atoms with van der Waals surface area (Å²) in [5.74, 6) is 1.46. The molecule has 3 heteroatoms. The fourth-order valence-corrected chi connectivity index (χ4v) is 4.86. The molecule has 2 nitrogen and oxygen atoms in total. The fourth-order valence-electron chi connectivity index (χ4n) is 3.50. The summed E-state index contributed by atoms with van der Waals surface area (Å²) >= 11 is 2.03. The fraction of sp³-hybridized carbons (Fsp3) is 0.800. The molecule has 0 bridgehead atoms. The quantitative estimate of drug-likeness (QED) is 0.897. The number of nitrogens with one attached hydrogen (secondary N) is 1. The Morgan fingerprint density at radius 1 is 1.17 bits per heavy atom. The van der Waals surface area contributed by atoms with Gasteiger partial charge in [0, 0.05) is 23.3 Å². The van der Waals surface area contributed by atoms with Crippen LogP contribution in [0.1, 0.15) is 72.4 Å². The van der Waals surface area contributed by atoms with E-state index in [-0.39, 0.29) is 0 Å². The molecular formula is C15H24N2S. The van der Waals surface area contributed by atoms with Crippen molar-refractivity contribution >= 4 is 11.3 Å². The van der Waals surface area contributed by atoms with E-state index in [1.807, 2.05) is 11.3 Å². The highest BCUT2D eigenvalue weighted by atomic mass is 32.1. The summed E-state index contributed by atoms with van der Waals surface area (Å²) in [7, 11) is 2.06. The Labute approximate surface area is 114 Å². The first kappa shape index (κ1) is 12.6. The van der Waals surface area contributed by atoms with Crippen LogP contribution in [0.25, 0.3) is 0 Å². The molecule has 1 unspecified atom stereocenters. The van der Waals surface area contributed by atoms with E-state index >= 15 is 0 Å². The molecule has 0 aliphatic heterocycles. The van der Waals surface area contributed by atoms with Crippen molar-refractivity contribution in [2.45, 2.75) is 63.2 Å². The van der Waals surface area contributed by atoms with Crippen molar-refractivity contribution in [2.24, 2.45) is 0 Å². The minimum Gasteiger partial charge on any atom is -0.319 e. The van der Waals surface area contributed by atoms with Gasteiger partial charge in [0.25, 0.3) is 0 Å². The Hall–Kier alpha value is -0.410. The highest BCUT2D eigenvalue weighted by Crippen LogP contribution is 2.40. The van der Waals surface area contributed by atoms with Crippen molar-refractivity contribution in [3.05, 3.63) is 15.6 Å². The molecule has 3 rings (SSSR count). The van der Waals surface area contributed by atoms with Crippen LogP contribution >= 0.6 is 11.3 Å². The number of fused-ring (bicyclic) bond motifs is 1. The molecule has 1 atom stereocenters. The molecule has 0 saturated heterocycles. The van der Waals surface area contributed by atoms with Gasteiger partial charge in [0.1, 0.15) is 0 Å². The van der Waals surface area contributed by atoms with Crippen LogP contribution in [0.5, 0.6) is 0 Å². The number of thiazole rings is 1. The topological polar surface area (TPSA) is 24.9 Å². The molecule has 1 fully saturated rings. The Kier molecular flexibility index (Phi) is 4.00. The normalized spacial score (nSPS) is 25.1. The number of rotatable bonds is 3. The standard InChI is InChI=1S/C15H24N2S/c1-16-10-12-8-5-9-13-14(12)17-15(18-13)11-6-3-2-4-7-11/h11-12,16H,2-10H2,1H3. The van der Waals surface area contributed by atoms with E-state index in [2.05, 4.69) is 12.4 Å². The van der Waals surface area contributed by atoms with Gasteiger partial charge >= 0.3 is 0 Å². The lowest BCUT2D eigenvalue weighted by molar-refractivity contribution is 0.440. The van der Waals surface area contributed by atoms with E-state index in [1.165, 1.54) is 62.1 Å². The Balaban J connectivity index is 1.81. The van der Waals surface area contributed by atoms with Crippen LogP contribution < -0.4 is 5.32 Å². The van der Waals surface area contributed by atoms with E-state index in [4.69, 9.17) is 4.98 Å². The lowest BCUT2D eigenvalue weighted by Crippen LogP contribution is -2.21. The Bertz CT molecular complexity index is 393. The average molecular weight is 264 g/mol. The van der Waals surface area contributed by atoms with Crippen molar-refractivity contribution in [1.82, 2.24) is 10.3 Å². The molecule has 100 valence electrons. The van der Waals surface area contributed by atoms with Gasteiger partial charge in [0.15, 0.2) is 0 Å². The molecule has 1 aromatic rings. The van der Waals surface area contributed by atoms with Gasteiger partial charge in [-0.2, -0.15) is 0 Å². The summed E-state index contributed by atoms with van der Waals surface area (Å²) in [6, 6.07) is 0. The number of nitrogens with zero attached hydrogens (tertiary/aromatic N) is 1. The van der Waals surface area contributed by atoms with Crippen LogP contribution in [0.2, 0.25) is 0 Å². The Morgan fingerprint density at radius 3 is 2.78 bits per heavy atom. The third-order valence-corrected chi connectivity index (χ3v) is 5.79. The SMILES string of the molecule is CNCC1CCCc2sc(C3CCCCC3)nc21. The first-order chi connectivity index (χ1) is 8.88. The van der Waals surface area contributed by atoms with Gasteiger partial charge in [-0.25, -0.2) is 4.98 Å². The van der Waals surface area contributed by atoms with Crippen LogP contribution in [-0.4, -0.2) is 18.6 Å². The second-order valence-corrected chi connectivity index (χ2v) is 6.96. The molecule has 18 heavy (non-hydrogen) atoms. The number of likely N-dealkylation sites (N-methyl/N-ethyl adjacent to an activating group) is 1. The van der Waals surface area contributed by atoms with Gasteiger partial charge in [-0.1, -0.05) is 19.3 Å². The third kappa shape index (κ3) is 2.48. The zero-order valence-electron chi connectivity index (χ0n) is 11.4. The monoisotopic (exact) mass is 264 g/mol. The number of aryl methyl sites for hydroxylation is 1. The van der Waals surface area contributed by atoms with E-state index in [0.717, 1.165) is 12.5 Å². The highest BCUT2D eigenvalue weighted by molar-refractivity contribution is 7.11. The van der Waals surface area contributed by atoms with Crippen LogP contribution in [-0.2, 0) is 6.42 Å². The molecule has 0 spiro atoms. The molecule has 0 amide bonds. The van der Waals surface area contributed by atoms with Crippen LogP contribution in [0.15, 0.2) is 0 Å². The summed E-state index contributed by atoms with van der Waals surface area (Å²) in [4.78, 5) is 6.65. The number of aromatic nitrogens is 1. The largest absolute Gasteiger partial charge is 0.319 e. The van der Waals surface area contributed by atoms with Crippen molar-refractivity contribution < 1.29 is 0 Å². The zero-order chi connectivity index (χ0) is 12.4. The lowest BCUT2D eigenvalue weighted by Gasteiger charge is -2.20. The van der Waals surface area contributed by atoms with E-state index < -0.39 is 0 Å². The molecule has 0 aromatic carbocycles. The van der Waals surface area contributed by atoms with Crippen molar-refractivity contribution in [1.29, 1.82) is 0 Å². The molecule has 1 saturated carbocycles. The van der Waals surface area contributed by atoms with Crippen LogP contribution in [0.3, 0.4) is 0 Å². The molecule has 0 radical (unpaired) electrons. The van der Waals surface area contributed by atoms with Gasteiger partial charge in [-0.3, -0.25) is 0 Å². The van der Waals surface area contributed by atoms with Crippen molar-refractivity contribution in [3.63, 3.8) is 0 Å². The van der Waals surface area contributed by atoms with Crippen LogP contribution in [0, 0.1) is 0 Å². The molecule has 1 heterocycles. The summed E-state index contributed by atoms with van der Waals surface area (Å²) in [5.41, 5.74) is 1.45. The van der Waals surface area contributed by atoms with E-state index in [0.29, 0.717) is 5.92 Å². The number of hydrogen-bond donors (Lipinski definition) is 1. The third-order valence-electron chi connectivity index (χ3n) is 4.49. The first-order valence-electron chi connectivity index (χ1n) is 7.52. The molecule has 2 aliphatic carbocycles. The predicted octanol–water partition coefficient (Wildman–Crippen LogP) is 3.83. The summed E-state index contributed by atoms with van der Waals surface area (Å²) in [6.07, 6.45) is 11.0. The molecule has 1 N–H and O–H groups in total. The maximum absolute atomic E-state index is 5.05. The average Bonchev–Trinajstić information content (AvgIpc) is 2.85. The second kappa shape index (κ2) is 5.70. The predicted molar refractivity (Wildman–Crippen MR) is 77.5 cm³/mol. The van der Waals surface area contributed by atoms with E-state index in [9.17, 15) is 0 Å². The minimum atomic E-state index is 0.673. The maximum atomic E-state index is 5.05. The second-order valence-electron chi connectivity index (χ2n) is 5.84. The van der Waals surface area contributed by atoms with Crippen molar-refractivity contribution in [2.75, 3.05) is 13.6 Å². The minimum absolute atomic E-state index is 0.673. The van der Waals surface area contributed by atoms with Gasteiger partial charge in [-0.05, 0) is 39.2 Å². The van der Waals surface area contributed by atoms with Gasteiger partial charge < -0.3 is 5.32 Å². The summed E-state index contributed by atoms with van der Waals surface area (Å²) in [6.45, 7) is 1.10. The van der Waals surface area contributed by atoms with E-state index in [1.54, 1.807) is 4.88 Å².